The molecule has 0 aromatic carbocycles. The number of nitrogens with zero attached hydrogens (tertiary/aromatic N) is 4. The molecular formula is C14H19ClN4O2S. The van der Waals surface area contributed by atoms with E-state index in [2.05, 4.69) is 10.1 Å². The van der Waals surface area contributed by atoms with Gasteiger partial charge in [-0.05, 0) is 19.9 Å². The lowest BCUT2D eigenvalue weighted by Crippen LogP contribution is -2.27. The summed E-state index contributed by atoms with van der Waals surface area (Å²) in [7, 11) is -1.97. The molecule has 0 unspecified atom stereocenters. The van der Waals surface area contributed by atoms with Gasteiger partial charge < -0.3 is 0 Å². The molecule has 0 atom stereocenters. The number of rotatable bonds is 5. The lowest BCUT2D eigenvalue weighted by Gasteiger charge is -2.15. The fourth-order valence-corrected chi connectivity index (χ4v) is 3.96. The fraction of sp³-hybridized carbons (Fsp3) is 0.429. The third kappa shape index (κ3) is 3.02. The molecule has 0 spiro atoms. The first-order valence-electron chi connectivity index (χ1n) is 6.88. The Balaban J connectivity index is 2.47. The van der Waals surface area contributed by atoms with Crippen LogP contribution in [0, 0.1) is 13.8 Å². The second kappa shape index (κ2) is 6.36. The Kier molecular flexibility index (Phi) is 4.89. The molecule has 2 aromatic rings. The van der Waals surface area contributed by atoms with Crippen molar-refractivity contribution in [3.63, 3.8) is 0 Å². The SMILES string of the molecule is CCN(C)S(=O)(=O)c1c(C)nn(Cc2cccnc2Cl)c1C. The van der Waals surface area contributed by atoms with Gasteiger partial charge in [0.25, 0.3) is 0 Å². The average molecular weight is 343 g/mol. The quantitative estimate of drug-likeness (QED) is 0.781. The van der Waals surface area contributed by atoms with Gasteiger partial charge in [-0.25, -0.2) is 17.7 Å². The summed E-state index contributed by atoms with van der Waals surface area (Å²) in [6.45, 7) is 6.03. The predicted octanol–water partition coefficient (Wildman–Crippen LogP) is 2.24. The number of aryl methyl sites for hydroxylation is 1. The second-order valence-electron chi connectivity index (χ2n) is 5.03. The molecule has 6 nitrogen and oxygen atoms in total. The zero-order chi connectivity index (χ0) is 16.5. The maximum absolute atomic E-state index is 12.6. The van der Waals surface area contributed by atoms with E-state index in [0.717, 1.165) is 5.56 Å². The van der Waals surface area contributed by atoms with Crippen LogP contribution in [0.5, 0.6) is 0 Å². The largest absolute Gasteiger partial charge is 0.264 e. The molecule has 2 heterocycles. The number of pyridine rings is 1. The third-order valence-electron chi connectivity index (χ3n) is 3.59. The van der Waals surface area contributed by atoms with E-state index in [0.29, 0.717) is 29.6 Å². The van der Waals surface area contributed by atoms with Gasteiger partial charge in [0.15, 0.2) is 0 Å². The van der Waals surface area contributed by atoms with E-state index in [1.807, 2.05) is 6.07 Å². The zero-order valence-electron chi connectivity index (χ0n) is 13.0. The maximum Gasteiger partial charge on any atom is 0.246 e. The van der Waals surface area contributed by atoms with E-state index in [-0.39, 0.29) is 4.90 Å². The second-order valence-corrected chi connectivity index (χ2v) is 7.37. The average Bonchev–Trinajstić information content (AvgIpc) is 2.75. The molecule has 2 aromatic heterocycles. The van der Waals surface area contributed by atoms with Gasteiger partial charge in [-0.15, -0.1) is 0 Å². The lowest BCUT2D eigenvalue weighted by atomic mass is 10.3. The van der Waals surface area contributed by atoms with Crippen molar-refractivity contribution in [2.45, 2.75) is 32.2 Å². The van der Waals surface area contributed by atoms with Crippen LogP contribution in [0.1, 0.15) is 23.9 Å². The van der Waals surface area contributed by atoms with Gasteiger partial charge in [0, 0.05) is 25.4 Å². The number of aromatic nitrogens is 3. The molecule has 0 radical (unpaired) electrons. The smallest absolute Gasteiger partial charge is 0.246 e. The molecule has 2 rings (SSSR count). The molecular weight excluding hydrogens is 324 g/mol. The minimum Gasteiger partial charge on any atom is -0.264 e. The van der Waals surface area contributed by atoms with Crippen molar-refractivity contribution >= 4 is 21.6 Å². The summed E-state index contributed by atoms with van der Waals surface area (Å²) in [6, 6.07) is 3.63. The number of sulfonamides is 1. The van der Waals surface area contributed by atoms with Gasteiger partial charge in [-0.2, -0.15) is 5.10 Å². The summed E-state index contributed by atoms with van der Waals surface area (Å²) in [5.41, 5.74) is 1.87. The van der Waals surface area contributed by atoms with Crippen molar-refractivity contribution in [1.29, 1.82) is 0 Å². The van der Waals surface area contributed by atoms with Gasteiger partial charge in [-0.1, -0.05) is 24.6 Å². The van der Waals surface area contributed by atoms with Crippen LogP contribution < -0.4 is 0 Å². The van der Waals surface area contributed by atoms with Crippen LogP contribution in [0.15, 0.2) is 23.2 Å². The number of hydrogen-bond acceptors (Lipinski definition) is 4. The molecule has 0 saturated heterocycles. The van der Waals surface area contributed by atoms with Gasteiger partial charge in [0.1, 0.15) is 10.0 Å². The van der Waals surface area contributed by atoms with E-state index >= 15 is 0 Å². The van der Waals surface area contributed by atoms with Gasteiger partial charge in [0.2, 0.25) is 10.0 Å². The standard InChI is InChI=1S/C14H19ClN4O2S/c1-5-18(4)22(20,21)13-10(2)17-19(11(13)3)9-12-7-6-8-16-14(12)15/h6-8H,5,9H2,1-4H3. The number of hydrogen-bond donors (Lipinski definition) is 0. The Morgan fingerprint density at radius 3 is 2.64 bits per heavy atom. The first kappa shape index (κ1) is 16.9. The Morgan fingerprint density at radius 1 is 1.36 bits per heavy atom. The van der Waals surface area contributed by atoms with E-state index in [1.165, 1.54) is 4.31 Å². The molecule has 0 aliphatic rings. The Bertz CT molecular complexity index is 786. The highest BCUT2D eigenvalue weighted by atomic mass is 35.5. The summed E-state index contributed by atoms with van der Waals surface area (Å²) in [6.07, 6.45) is 1.61. The minimum absolute atomic E-state index is 0.261. The summed E-state index contributed by atoms with van der Waals surface area (Å²) in [5, 5.41) is 4.75. The van der Waals surface area contributed by atoms with Gasteiger partial charge in [-0.3, -0.25) is 4.68 Å². The normalized spacial score (nSPS) is 12.1. The summed E-state index contributed by atoms with van der Waals surface area (Å²) < 4.78 is 28.1. The van der Waals surface area contributed by atoms with Crippen molar-refractivity contribution in [2.24, 2.45) is 0 Å². The first-order chi connectivity index (χ1) is 10.3. The van der Waals surface area contributed by atoms with E-state index in [4.69, 9.17) is 11.6 Å². The highest BCUT2D eigenvalue weighted by Gasteiger charge is 2.27. The van der Waals surface area contributed by atoms with Crippen LogP contribution in [0.25, 0.3) is 0 Å². The highest BCUT2D eigenvalue weighted by molar-refractivity contribution is 7.89. The molecule has 8 heteroatoms. The number of halogens is 1. The van der Waals surface area contributed by atoms with E-state index in [9.17, 15) is 8.42 Å². The van der Waals surface area contributed by atoms with Crippen LogP contribution in [0.2, 0.25) is 5.15 Å². The highest BCUT2D eigenvalue weighted by Crippen LogP contribution is 2.24. The summed E-state index contributed by atoms with van der Waals surface area (Å²) >= 11 is 6.06. The van der Waals surface area contributed by atoms with E-state index < -0.39 is 10.0 Å². The van der Waals surface area contributed by atoms with Crippen LogP contribution >= 0.6 is 11.6 Å². The van der Waals surface area contributed by atoms with E-state index in [1.54, 1.807) is 44.8 Å². The molecule has 22 heavy (non-hydrogen) atoms. The van der Waals surface area contributed by atoms with Crippen LogP contribution in [-0.4, -0.2) is 41.1 Å². The zero-order valence-corrected chi connectivity index (χ0v) is 14.6. The van der Waals surface area contributed by atoms with Crippen molar-refractivity contribution < 1.29 is 8.42 Å². The molecule has 0 N–H and O–H groups in total. The Morgan fingerprint density at radius 2 is 2.05 bits per heavy atom. The Hall–Kier alpha value is -1.44. The topological polar surface area (TPSA) is 68.1 Å². The fourth-order valence-electron chi connectivity index (χ4n) is 2.23. The van der Waals surface area contributed by atoms with Crippen molar-refractivity contribution in [3.05, 3.63) is 40.4 Å². The predicted molar refractivity (Wildman–Crippen MR) is 85.5 cm³/mol. The summed E-state index contributed by atoms with van der Waals surface area (Å²) in [4.78, 5) is 4.28. The van der Waals surface area contributed by atoms with Crippen molar-refractivity contribution in [3.8, 4) is 0 Å². The van der Waals surface area contributed by atoms with Crippen LogP contribution in [0.4, 0.5) is 0 Å². The van der Waals surface area contributed by atoms with Gasteiger partial charge in [0.05, 0.1) is 17.9 Å². The van der Waals surface area contributed by atoms with Crippen LogP contribution in [-0.2, 0) is 16.6 Å². The maximum atomic E-state index is 12.6. The molecule has 0 fully saturated rings. The molecule has 0 amide bonds. The molecule has 120 valence electrons. The minimum atomic E-state index is -3.53. The Labute approximate surface area is 135 Å². The first-order valence-corrected chi connectivity index (χ1v) is 8.70. The molecule has 0 bridgehead atoms. The summed E-state index contributed by atoms with van der Waals surface area (Å²) in [5.74, 6) is 0. The monoisotopic (exact) mass is 342 g/mol. The molecule has 0 aliphatic carbocycles. The van der Waals surface area contributed by atoms with Crippen molar-refractivity contribution in [2.75, 3.05) is 13.6 Å². The van der Waals surface area contributed by atoms with Crippen molar-refractivity contribution in [1.82, 2.24) is 19.1 Å². The van der Waals surface area contributed by atoms with Gasteiger partial charge >= 0.3 is 0 Å². The molecule has 0 aliphatic heterocycles. The lowest BCUT2D eigenvalue weighted by molar-refractivity contribution is 0.485. The van der Waals surface area contributed by atoms with Crippen LogP contribution in [0.3, 0.4) is 0 Å². The third-order valence-corrected chi connectivity index (χ3v) is 6.11. The molecule has 0 saturated carbocycles.